The van der Waals surface area contributed by atoms with Gasteiger partial charge in [-0.1, -0.05) is 0 Å². The van der Waals surface area contributed by atoms with Crippen LogP contribution >= 0.6 is 0 Å². The van der Waals surface area contributed by atoms with E-state index in [-0.39, 0.29) is 5.91 Å². The average molecular weight is 277 g/mol. The van der Waals surface area contributed by atoms with Gasteiger partial charge >= 0.3 is 0 Å². The van der Waals surface area contributed by atoms with Crippen LogP contribution in [0.4, 0.5) is 0 Å². The standard InChI is InChI=1S/C15H23N3O2/c1-12-5-7-17-9-13(12)10-18-8-4-6-15(18,11-20-3)14(19)16-2/h5,7,9H,4,6,8,10-11H2,1-3H3,(H,16,19). The molecule has 0 spiro atoms. The molecule has 1 aliphatic rings. The summed E-state index contributed by atoms with van der Waals surface area (Å²) in [5.41, 5.74) is 1.82. The number of hydrogen-bond donors (Lipinski definition) is 1. The molecule has 0 radical (unpaired) electrons. The monoisotopic (exact) mass is 277 g/mol. The second-order valence-electron chi connectivity index (χ2n) is 5.37. The molecule has 0 saturated carbocycles. The molecular weight excluding hydrogens is 254 g/mol. The van der Waals surface area contributed by atoms with Crippen LogP contribution in [0.3, 0.4) is 0 Å². The minimum Gasteiger partial charge on any atom is -0.382 e. The number of hydrogen-bond acceptors (Lipinski definition) is 4. The predicted octanol–water partition coefficient (Wildman–Crippen LogP) is 1.12. The topological polar surface area (TPSA) is 54.5 Å². The molecule has 1 aromatic rings. The molecule has 1 saturated heterocycles. The minimum absolute atomic E-state index is 0.0402. The summed E-state index contributed by atoms with van der Waals surface area (Å²) in [4.78, 5) is 18.8. The van der Waals surface area contributed by atoms with E-state index in [1.54, 1.807) is 20.4 Å². The van der Waals surface area contributed by atoms with Gasteiger partial charge in [0, 0.05) is 33.1 Å². The fraction of sp³-hybridized carbons (Fsp3) is 0.600. The van der Waals surface area contributed by atoms with Gasteiger partial charge in [-0.3, -0.25) is 14.7 Å². The Kier molecular flexibility index (Phi) is 4.73. The van der Waals surface area contributed by atoms with E-state index < -0.39 is 5.54 Å². The molecule has 0 aliphatic carbocycles. The third-order valence-electron chi connectivity index (χ3n) is 4.17. The highest BCUT2D eigenvalue weighted by molar-refractivity contribution is 5.86. The van der Waals surface area contributed by atoms with Crippen LogP contribution in [0.15, 0.2) is 18.5 Å². The number of nitrogens with zero attached hydrogens (tertiary/aromatic N) is 2. The van der Waals surface area contributed by atoms with Crippen molar-refractivity contribution in [2.75, 3.05) is 27.3 Å². The van der Waals surface area contributed by atoms with Gasteiger partial charge in [0.05, 0.1) is 6.61 Å². The number of rotatable bonds is 5. The predicted molar refractivity (Wildman–Crippen MR) is 77.3 cm³/mol. The van der Waals surface area contributed by atoms with Crippen LogP contribution in [0.25, 0.3) is 0 Å². The molecule has 1 aromatic heterocycles. The van der Waals surface area contributed by atoms with Gasteiger partial charge in [0.1, 0.15) is 5.54 Å². The van der Waals surface area contributed by atoms with E-state index in [4.69, 9.17) is 4.74 Å². The quantitative estimate of drug-likeness (QED) is 0.876. The number of pyridine rings is 1. The number of likely N-dealkylation sites (tertiary alicyclic amines) is 1. The van der Waals surface area contributed by atoms with Crippen LogP contribution in [0.5, 0.6) is 0 Å². The molecule has 0 aromatic carbocycles. The molecule has 1 N–H and O–H groups in total. The molecule has 5 nitrogen and oxygen atoms in total. The van der Waals surface area contributed by atoms with E-state index in [0.29, 0.717) is 6.61 Å². The summed E-state index contributed by atoms with van der Waals surface area (Å²) >= 11 is 0. The van der Waals surface area contributed by atoms with E-state index in [1.807, 2.05) is 12.3 Å². The van der Waals surface area contributed by atoms with Crippen LogP contribution < -0.4 is 5.32 Å². The number of aromatic nitrogens is 1. The van der Waals surface area contributed by atoms with E-state index in [1.165, 1.54) is 11.1 Å². The SMILES string of the molecule is CNC(=O)C1(COC)CCCN1Cc1cnccc1C. The first kappa shape index (κ1) is 14.9. The van der Waals surface area contributed by atoms with Gasteiger partial charge in [-0.15, -0.1) is 0 Å². The van der Waals surface area contributed by atoms with Gasteiger partial charge in [-0.25, -0.2) is 0 Å². The lowest BCUT2D eigenvalue weighted by atomic mass is 9.95. The molecule has 1 aliphatic heterocycles. The van der Waals surface area contributed by atoms with Crippen molar-refractivity contribution in [3.8, 4) is 0 Å². The number of carbonyl (C=O) groups is 1. The Morgan fingerprint density at radius 3 is 3.05 bits per heavy atom. The lowest BCUT2D eigenvalue weighted by molar-refractivity contribution is -0.135. The summed E-state index contributed by atoms with van der Waals surface area (Å²) < 4.78 is 5.33. The van der Waals surface area contributed by atoms with Gasteiger partial charge in [-0.2, -0.15) is 0 Å². The zero-order chi connectivity index (χ0) is 14.6. The van der Waals surface area contributed by atoms with Crippen LogP contribution in [0, 0.1) is 6.92 Å². The van der Waals surface area contributed by atoms with E-state index in [2.05, 4.69) is 22.1 Å². The van der Waals surface area contributed by atoms with Gasteiger partial charge in [0.15, 0.2) is 0 Å². The summed E-state index contributed by atoms with van der Waals surface area (Å²) in [5, 5.41) is 2.79. The number of likely N-dealkylation sites (N-methyl/N-ethyl adjacent to an activating group) is 1. The van der Waals surface area contributed by atoms with E-state index >= 15 is 0 Å². The lowest BCUT2D eigenvalue weighted by Gasteiger charge is -2.36. The van der Waals surface area contributed by atoms with Crippen molar-refractivity contribution < 1.29 is 9.53 Å². The molecule has 1 atom stereocenters. The Hall–Kier alpha value is -1.46. The minimum atomic E-state index is -0.550. The number of nitrogens with one attached hydrogen (secondary N) is 1. The maximum Gasteiger partial charge on any atom is 0.242 e. The van der Waals surface area contributed by atoms with E-state index in [9.17, 15) is 4.79 Å². The van der Waals surface area contributed by atoms with Crippen molar-refractivity contribution in [2.24, 2.45) is 0 Å². The second-order valence-corrected chi connectivity index (χ2v) is 5.37. The Morgan fingerprint density at radius 2 is 2.40 bits per heavy atom. The molecule has 5 heteroatoms. The first-order chi connectivity index (χ1) is 9.64. The third-order valence-corrected chi connectivity index (χ3v) is 4.17. The number of methoxy groups -OCH3 is 1. The fourth-order valence-corrected chi connectivity index (χ4v) is 2.99. The van der Waals surface area contributed by atoms with Crippen molar-refractivity contribution in [1.82, 2.24) is 15.2 Å². The maximum absolute atomic E-state index is 12.4. The number of carbonyl (C=O) groups excluding carboxylic acids is 1. The molecule has 1 unspecified atom stereocenters. The first-order valence-electron chi connectivity index (χ1n) is 6.99. The molecule has 2 heterocycles. The number of amides is 1. The highest BCUT2D eigenvalue weighted by Crippen LogP contribution is 2.32. The van der Waals surface area contributed by atoms with Gasteiger partial charge in [0.25, 0.3) is 0 Å². The van der Waals surface area contributed by atoms with E-state index in [0.717, 1.165) is 25.9 Å². The van der Waals surface area contributed by atoms with Crippen molar-refractivity contribution in [1.29, 1.82) is 0 Å². The zero-order valence-corrected chi connectivity index (χ0v) is 12.5. The molecule has 0 bridgehead atoms. The molecule has 110 valence electrons. The van der Waals surface area contributed by atoms with Crippen molar-refractivity contribution >= 4 is 5.91 Å². The van der Waals surface area contributed by atoms with Crippen molar-refractivity contribution in [2.45, 2.75) is 31.8 Å². The largest absolute Gasteiger partial charge is 0.382 e. The maximum atomic E-state index is 12.4. The molecule has 1 fully saturated rings. The first-order valence-corrected chi connectivity index (χ1v) is 6.99. The number of aryl methyl sites for hydroxylation is 1. The smallest absolute Gasteiger partial charge is 0.242 e. The van der Waals surface area contributed by atoms with Crippen LogP contribution in [0.1, 0.15) is 24.0 Å². The summed E-state index contributed by atoms with van der Waals surface area (Å²) in [7, 11) is 3.34. The van der Waals surface area contributed by atoms with Crippen molar-refractivity contribution in [3.63, 3.8) is 0 Å². The highest BCUT2D eigenvalue weighted by Gasteiger charge is 2.47. The van der Waals surface area contributed by atoms with Crippen LogP contribution in [0.2, 0.25) is 0 Å². The summed E-state index contributed by atoms with van der Waals surface area (Å²) in [6, 6.07) is 2.00. The number of ether oxygens (including phenoxy) is 1. The normalized spacial score (nSPS) is 22.9. The Morgan fingerprint density at radius 1 is 1.60 bits per heavy atom. The average Bonchev–Trinajstić information content (AvgIpc) is 2.85. The zero-order valence-electron chi connectivity index (χ0n) is 12.5. The highest BCUT2D eigenvalue weighted by atomic mass is 16.5. The summed E-state index contributed by atoms with van der Waals surface area (Å²) in [5.74, 6) is 0.0402. The summed E-state index contributed by atoms with van der Waals surface area (Å²) in [6.07, 6.45) is 5.52. The van der Waals surface area contributed by atoms with Crippen LogP contribution in [-0.4, -0.2) is 48.6 Å². The Labute approximate surface area is 120 Å². The van der Waals surface area contributed by atoms with Crippen LogP contribution in [-0.2, 0) is 16.1 Å². The van der Waals surface area contributed by atoms with Gasteiger partial charge in [-0.05, 0) is 43.5 Å². The second kappa shape index (κ2) is 6.33. The summed E-state index contributed by atoms with van der Waals surface area (Å²) in [6.45, 7) is 4.14. The molecular formula is C15H23N3O2. The molecule has 1 amide bonds. The van der Waals surface area contributed by atoms with Crippen molar-refractivity contribution in [3.05, 3.63) is 29.6 Å². The fourth-order valence-electron chi connectivity index (χ4n) is 2.99. The van der Waals surface area contributed by atoms with Gasteiger partial charge < -0.3 is 10.1 Å². The molecule has 20 heavy (non-hydrogen) atoms. The Bertz CT molecular complexity index is 478. The Balaban J connectivity index is 2.25. The lowest BCUT2D eigenvalue weighted by Crippen LogP contribution is -2.57. The third kappa shape index (κ3) is 2.69. The van der Waals surface area contributed by atoms with Gasteiger partial charge in [0.2, 0.25) is 5.91 Å². The molecule has 2 rings (SSSR count).